The molecule has 0 radical (unpaired) electrons. The summed E-state index contributed by atoms with van der Waals surface area (Å²) >= 11 is 0. The Kier molecular flexibility index (Phi) is 5.60. The Bertz CT molecular complexity index is 1310. The van der Waals surface area contributed by atoms with E-state index in [2.05, 4.69) is 44.5 Å². The Morgan fingerprint density at radius 2 is 1.76 bits per heavy atom. The normalized spacial score (nSPS) is 14.2. The third-order valence-electron chi connectivity index (χ3n) is 5.84. The minimum atomic E-state index is -0.222. The Hall–Kier alpha value is -3.65. The van der Waals surface area contributed by atoms with Crippen molar-refractivity contribution in [1.82, 2.24) is 19.9 Å². The van der Waals surface area contributed by atoms with Gasteiger partial charge in [0.1, 0.15) is 5.82 Å². The molecule has 4 aromatic rings. The van der Waals surface area contributed by atoms with E-state index in [9.17, 15) is 4.79 Å². The van der Waals surface area contributed by atoms with E-state index in [4.69, 9.17) is 14.7 Å². The van der Waals surface area contributed by atoms with Gasteiger partial charge < -0.3 is 24.8 Å². The zero-order valence-electron chi connectivity index (χ0n) is 19.1. The standard InChI is InChI=1S/C25H28N6O2/c1-16(2)26-25(32)27-18-6-4-17(5-7-18)23-28-22-19-10-11-30(3)21(19)9-8-20(22)24(29-23)31-12-14-33-15-13-31/h4-11,16H,12-15H2,1-3H3,(H2,26,27,32). The van der Waals surface area contributed by atoms with Crippen molar-refractivity contribution in [3.05, 3.63) is 48.7 Å². The van der Waals surface area contributed by atoms with Gasteiger partial charge in [-0.05, 0) is 56.3 Å². The van der Waals surface area contributed by atoms with Crippen molar-refractivity contribution in [3.8, 4) is 11.4 Å². The van der Waals surface area contributed by atoms with E-state index in [1.165, 1.54) is 0 Å². The summed E-state index contributed by atoms with van der Waals surface area (Å²) in [6.07, 6.45) is 2.06. The molecular weight excluding hydrogens is 416 g/mol. The molecule has 3 heterocycles. The van der Waals surface area contributed by atoms with E-state index < -0.39 is 0 Å². The molecule has 0 bridgehead atoms. The highest BCUT2D eigenvalue weighted by Crippen LogP contribution is 2.33. The average Bonchev–Trinajstić information content (AvgIpc) is 3.20. The van der Waals surface area contributed by atoms with Crippen LogP contribution >= 0.6 is 0 Å². The first kappa shape index (κ1) is 21.2. The fraction of sp³-hybridized carbons (Fsp3) is 0.320. The summed E-state index contributed by atoms with van der Waals surface area (Å²) < 4.78 is 7.67. The number of hydrogen-bond donors (Lipinski definition) is 2. The second-order valence-corrected chi connectivity index (χ2v) is 8.62. The molecule has 8 heteroatoms. The first-order chi connectivity index (χ1) is 16.0. The van der Waals surface area contributed by atoms with Gasteiger partial charge in [-0.2, -0.15) is 0 Å². The summed E-state index contributed by atoms with van der Waals surface area (Å²) in [6, 6.07) is 13.9. The molecule has 0 atom stereocenters. The van der Waals surface area contributed by atoms with E-state index >= 15 is 0 Å². The zero-order chi connectivity index (χ0) is 22.9. The number of anilines is 2. The van der Waals surface area contributed by atoms with Crippen molar-refractivity contribution in [3.63, 3.8) is 0 Å². The minimum absolute atomic E-state index is 0.0729. The SMILES string of the molecule is CC(C)NC(=O)Nc1ccc(-c2nc(N3CCOCC3)c3ccc4c(ccn4C)c3n2)cc1. The van der Waals surface area contributed by atoms with E-state index in [1.54, 1.807) is 0 Å². The van der Waals surface area contributed by atoms with Crippen molar-refractivity contribution in [1.29, 1.82) is 0 Å². The smallest absolute Gasteiger partial charge is 0.319 e. The van der Waals surface area contributed by atoms with Gasteiger partial charge >= 0.3 is 6.03 Å². The third kappa shape index (κ3) is 4.21. The molecule has 1 aliphatic rings. The summed E-state index contributed by atoms with van der Waals surface area (Å²) in [5, 5.41) is 7.84. The van der Waals surface area contributed by atoms with Gasteiger partial charge in [0.25, 0.3) is 0 Å². The van der Waals surface area contributed by atoms with Crippen LogP contribution in [-0.4, -0.2) is 52.9 Å². The number of hydrogen-bond acceptors (Lipinski definition) is 5. The Morgan fingerprint density at radius 3 is 2.48 bits per heavy atom. The van der Waals surface area contributed by atoms with E-state index in [1.807, 2.05) is 45.2 Å². The zero-order valence-corrected chi connectivity index (χ0v) is 19.1. The maximum absolute atomic E-state index is 12.0. The summed E-state index contributed by atoms with van der Waals surface area (Å²) in [6.45, 7) is 6.82. The van der Waals surface area contributed by atoms with Gasteiger partial charge in [0.05, 0.1) is 18.7 Å². The Morgan fingerprint density at radius 1 is 1.00 bits per heavy atom. The van der Waals surface area contributed by atoms with E-state index in [0.717, 1.165) is 52.0 Å². The van der Waals surface area contributed by atoms with Crippen molar-refractivity contribution >= 4 is 39.3 Å². The number of benzene rings is 2. The van der Waals surface area contributed by atoms with Crippen LogP contribution in [0.1, 0.15) is 13.8 Å². The predicted octanol–water partition coefficient (Wildman–Crippen LogP) is 4.16. The molecule has 0 unspecified atom stereocenters. The van der Waals surface area contributed by atoms with Gasteiger partial charge in [0.2, 0.25) is 0 Å². The Balaban J connectivity index is 1.57. The van der Waals surface area contributed by atoms with Gasteiger partial charge in [0.15, 0.2) is 5.82 Å². The number of aryl methyl sites for hydroxylation is 1. The minimum Gasteiger partial charge on any atom is -0.378 e. The van der Waals surface area contributed by atoms with Crippen LogP contribution in [0.2, 0.25) is 0 Å². The highest BCUT2D eigenvalue weighted by Gasteiger charge is 2.20. The van der Waals surface area contributed by atoms with Crippen LogP contribution < -0.4 is 15.5 Å². The van der Waals surface area contributed by atoms with E-state index in [-0.39, 0.29) is 12.1 Å². The van der Waals surface area contributed by atoms with Crippen LogP contribution in [0, 0.1) is 0 Å². The fourth-order valence-electron chi connectivity index (χ4n) is 4.21. The summed E-state index contributed by atoms with van der Waals surface area (Å²) in [7, 11) is 2.04. The molecule has 33 heavy (non-hydrogen) atoms. The highest BCUT2D eigenvalue weighted by atomic mass is 16.5. The molecular formula is C25H28N6O2. The number of carbonyl (C=O) groups excluding carboxylic acids is 1. The topological polar surface area (TPSA) is 84.3 Å². The average molecular weight is 445 g/mol. The van der Waals surface area contributed by atoms with Crippen LogP contribution in [-0.2, 0) is 11.8 Å². The number of urea groups is 1. The van der Waals surface area contributed by atoms with Crippen LogP contribution in [0.4, 0.5) is 16.3 Å². The lowest BCUT2D eigenvalue weighted by Crippen LogP contribution is -2.37. The summed E-state index contributed by atoms with van der Waals surface area (Å²) in [4.78, 5) is 24.3. The lowest BCUT2D eigenvalue weighted by molar-refractivity contribution is 0.122. The third-order valence-corrected chi connectivity index (χ3v) is 5.84. The van der Waals surface area contributed by atoms with Crippen LogP contribution in [0.3, 0.4) is 0 Å². The van der Waals surface area contributed by atoms with Crippen molar-refractivity contribution in [2.24, 2.45) is 7.05 Å². The van der Waals surface area contributed by atoms with Gasteiger partial charge in [-0.25, -0.2) is 14.8 Å². The molecule has 8 nitrogen and oxygen atoms in total. The molecule has 2 aromatic heterocycles. The monoisotopic (exact) mass is 444 g/mol. The first-order valence-corrected chi connectivity index (χ1v) is 11.3. The van der Waals surface area contributed by atoms with Crippen LogP contribution in [0.25, 0.3) is 33.2 Å². The maximum Gasteiger partial charge on any atom is 0.319 e. The number of nitrogens with one attached hydrogen (secondary N) is 2. The van der Waals surface area contributed by atoms with E-state index in [0.29, 0.717) is 19.0 Å². The molecule has 170 valence electrons. The fourth-order valence-corrected chi connectivity index (χ4v) is 4.21. The molecule has 1 saturated heterocycles. The lowest BCUT2D eigenvalue weighted by atomic mass is 10.1. The molecule has 0 spiro atoms. The van der Waals surface area contributed by atoms with Crippen LogP contribution in [0.15, 0.2) is 48.7 Å². The number of fused-ring (bicyclic) bond motifs is 3. The van der Waals surface area contributed by atoms with Crippen LogP contribution in [0.5, 0.6) is 0 Å². The molecule has 0 aliphatic carbocycles. The second-order valence-electron chi connectivity index (χ2n) is 8.62. The largest absolute Gasteiger partial charge is 0.378 e. The van der Waals surface area contributed by atoms with Crippen molar-refractivity contribution in [2.75, 3.05) is 36.5 Å². The number of morpholine rings is 1. The maximum atomic E-state index is 12.0. The first-order valence-electron chi connectivity index (χ1n) is 11.3. The quantitative estimate of drug-likeness (QED) is 0.494. The summed E-state index contributed by atoms with van der Waals surface area (Å²) in [5.41, 5.74) is 3.69. The summed E-state index contributed by atoms with van der Waals surface area (Å²) in [5.74, 6) is 1.60. The number of amides is 2. The molecule has 1 fully saturated rings. The molecule has 2 amide bonds. The van der Waals surface area contributed by atoms with Crippen molar-refractivity contribution in [2.45, 2.75) is 19.9 Å². The molecule has 1 aliphatic heterocycles. The highest BCUT2D eigenvalue weighted by molar-refractivity contribution is 6.08. The second kappa shape index (κ2) is 8.71. The van der Waals surface area contributed by atoms with Gasteiger partial charge in [-0.3, -0.25) is 0 Å². The molecule has 2 N–H and O–H groups in total. The number of nitrogens with zero attached hydrogens (tertiary/aromatic N) is 4. The number of carbonyl (C=O) groups is 1. The molecule has 0 saturated carbocycles. The van der Waals surface area contributed by atoms with Gasteiger partial charge in [-0.15, -0.1) is 0 Å². The number of ether oxygens (including phenoxy) is 1. The van der Waals surface area contributed by atoms with Gasteiger partial charge in [0, 0.05) is 59.9 Å². The lowest BCUT2D eigenvalue weighted by Gasteiger charge is -2.29. The predicted molar refractivity (Wildman–Crippen MR) is 132 cm³/mol. The molecule has 2 aromatic carbocycles. The number of aromatic nitrogens is 3. The van der Waals surface area contributed by atoms with Gasteiger partial charge in [-0.1, -0.05) is 0 Å². The molecule has 5 rings (SSSR count). The van der Waals surface area contributed by atoms with Crippen molar-refractivity contribution < 1.29 is 9.53 Å². The Labute approximate surface area is 192 Å². The number of rotatable bonds is 4.